The van der Waals surface area contributed by atoms with Gasteiger partial charge in [-0.15, -0.1) is 11.6 Å². The Balaban J connectivity index is 2.57. The van der Waals surface area contributed by atoms with Gasteiger partial charge in [0.2, 0.25) is 0 Å². The first-order chi connectivity index (χ1) is 7.50. The fourth-order valence-corrected chi connectivity index (χ4v) is 1.83. The number of fused-ring (bicyclic) bond motifs is 1. The summed E-state index contributed by atoms with van der Waals surface area (Å²) in [5.74, 6) is 0.866. The standard InChI is InChI=1S/C12H13ClN2O/c1-7(13)12(16)9-4-5-11-10(6-9)14-8(2)15(11)3/h4-7H,1-3H3. The van der Waals surface area contributed by atoms with Crippen LogP contribution in [-0.2, 0) is 7.05 Å². The van der Waals surface area contributed by atoms with E-state index in [1.807, 2.05) is 24.6 Å². The molecule has 3 nitrogen and oxygen atoms in total. The Morgan fingerprint density at radius 3 is 2.81 bits per heavy atom. The van der Waals surface area contributed by atoms with Gasteiger partial charge in [-0.25, -0.2) is 4.98 Å². The molecule has 0 saturated carbocycles. The number of hydrogen-bond acceptors (Lipinski definition) is 2. The normalized spacial score (nSPS) is 13.0. The van der Waals surface area contributed by atoms with Crippen molar-refractivity contribution in [2.24, 2.45) is 7.05 Å². The highest BCUT2D eigenvalue weighted by atomic mass is 35.5. The minimum absolute atomic E-state index is 0.0631. The summed E-state index contributed by atoms with van der Waals surface area (Å²) in [6, 6.07) is 5.50. The first-order valence-corrected chi connectivity index (χ1v) is 5.55. The third-order valence-electron chi connectivity index (χ3n) is 2.75. The molecule has 1 aromatic carbocycles. The fourth-order valence-electron chi connectivity index (χ4n) is 1.70. The van der Waals surface area contributed by atoms with Crippen molar-refractivity contribution in [1.29, 1.82) is 0 Å². The first-order valence-electron chi connectivity index (χ1n) is 5.12. The number of Topliss-reactive ketones (excluding diaryl/α,β-unsaturated/α-hetero) is 1. The predicted molar refractivity (Wildman–Crippen MR) is 65.1 cm³/mol. The molecule has 1 heterocycles. The molecule has 0 N–H and O–H groups in total. The monoisotopic (exact) mass is 236 g/mol. The number of carbonyl (C=O) groups is 1. The summed E-state index contributed by atoms with van der Waals surface area (Å²) in [6.07, 6.45) is 0. The molecule has 1 unspecified atom stereocenters. The van der Waals surface area contributed by atoms with Crippen molar-refractivity contribution in [2.75, 3.05) is 0 Å². The second kappa shape index (κ2) is 3.91. The van der Waals surface area contributed by atoms with Crippen LogP contribution in [0.4, 0.5) is 0 Å². The Hall–Kier alpha value is -1.35. The Bertz CT molecular complexity index is 557. The van der Waals surface area contributed by atoms with Crippen molar-refractivity contribution < 1.29 is 4.79 Å². The number of rotatable bonds is 2. The molecule has 0 saturated heterocycles. The number of imidazole rings is 1. The van der Waals surface area contributed by atoms with Gasteiger partial charge in [0.25, 0.3) is 0 Å². The number of aromatic nitrogens is 2. The van der Waals surface area contributed by atoms with Crippen LogP contribution in [0.25, 0.3) is 11.0 Å². The molecule has 1 atom stereocenters. The quantitative estimate of drug-likeness (QED) is 0.594. The Morgan fingerprint density at radius 2 is 2.19 bits per heavy atom. The molecule has 84 valence electrons. The highest BCUT2D eigenvalue weighted by Gasteiger charge is 2.14. The Labute approximate surface area is 99.0 Å². The van der Waals surface area contributed by atoms with E-state index in [-0.39, 0.29) is 5.78 Å². The van der Waals surface area contributed by atoms with Crippen LogP contribution < -0.4 is 0 Å². The fraction of sp³-hybridized carbons (Fsp3) is 0.333. The molecule has 0 amide bonds. The zero-order valence-electron chi connectivity index (χ0n) is 9.49. The van der Waals surface area contributed by atoms with Gasteiger partial charge < -0.3 is 4.57 Å². The lowest BCUT2D eigenvalue weighted by atomic mass is 10.1. The highest BCUT2D eigenvalue weighted by molar-refractivity contribution is 6.33. The smallest absolute Gasteiger partial charge is 0.180 e. The maximum absolute atomic E-state index is 11.7. The number of ketones is 1. The van der Waals surface area contributed by atoms with Crippen molar-refractivity contribution in [2.45, 2.75) is 19.2 Å². The molecule has 16 heavy (non-hydrogen) atoms. The average Bonchev–Trinajstić information content (AvgIpc) is 2.53. The third-order valence-corrected chi connectivity index (χ3v) is 2.95. The van der Waals surface area contributed by atoms with Gasteiger partial charge in [-0.1, -0.05) is 0 Å². The maximum Gasteiger partial charge on any atom is 0.180 e. The number of aryl methyl sites for hydroxylation is 2. The zero-order chi connectivity index (χ0) is 11.9. The van der Waals surface area contributed by atoms with Crippen LogP contribution in [0.5, 0.6) is 0 Å². The number of nitrogens with zero attached hydrogens (tertiary/aromatic N) is 2. The van der Waals surface area contributed by atoms with E-state index in [1.54, 1.807) is 19.1 Å². The van der Waals surface area contributed by atoms with Gasteiger partial charge >= 0.3 is 0 Å². The van der Waals surface area contributed by atoms with E-state index in [9.17, 15) is 4.79 Å². The number of halogens is 1. The largest absolute Gasteiger partial charge is 0.331 e. The van der Waals surface area contributed by atoms with E-state index in [1.165, 1.54) is 0 Å². The zero-order valence-corrected chi connectivity index (χ0v) is 10.2. The summed E-state index contributed by atoms with van der Waals surface area (Å²) in [6.45, 7) is 3.61. The van der Waals surface area contributed by atoms with Gasteiger partial charge in [0, 0.05) is 12.6 Å². The molecular weight excluding hydrogens is 224 g/mol. The molecular formula is C12H13ClN2O. The van der Waals surface area contributed by atoms with Gasteiger partial charge in [-0.3, -0.25) is 4.79 Å². The van der Waals surface area contributed by atoms with Crippen molar-refractivity contribution in [3.8, 4) is 0 Å². The van der Waals surface area contributed by atoms with Crippen molar-refractivity contribution in [3.63, 3.8) is 0 Å². The van der Waals surface area contributed by atoms with Crippen molar-refractivity contribution in [1.82, 2.24) is 9.55 Å². The third kappa shape index (κ3) is 1.71. The van der Waals surface area contributed by atoms with Crippen LogP contribution in [-0.4, -0.2) is 20.7 Å². The minimum atomic E-state index is -0.498. The Morgan fingerprint density at radius 1 is 1.50 bits per heavy atom. The summed E-state index contributed by atoms with van der Waals surface area (Å²) >= 11 is 5.78. The second-order valence-corrected chi connectivity index (χ2v) is 4.56. The van der Waals surface area contributed by atoms with E-state index in [0.717, 1.165) is 16.9 Å². The topological polar surface area (TPSA) is 34.9 Å². The van der Waals surface area contributed by atoms with Gasteiger partial charge in [0.1, 0.15) is 5.82 Å². The summed E-state index contributed by atoms with van der Waals surface area (Å²) in [5.41, 5.74) is 2.48. The van der Waals surface area contributed by atoms with Crippen LogP contribution in [0.3, 0.4) is 0 Å². The number of alkyl halides is 1. The molecule has 0 spiro atoms. The molecule has 2 aromatic rings. The number of carbonyl (C=O) groups excluding carboxylic acids is 1. The Kier molecular flexibility index (Phi) is 2.72. The summed E-state index contributed by atoms with van der Waals surface area (Å²) in [7, 11) is 1.95. The minimum Gasteiger partial charge on any atom is -0.331 e. The van der Waals surface area contributed by atoms with Crippen LogP contribution in [0.15, 0.2) is 18.2 Å². The van der Waals surface area contributed by atoms with E-state index >= 15 is 0 Å². The summed E-state index contributed by atoms with van der Waals surface area (Å²) in [4.78, 5) is 16.1. The van der Waals surface area contributed by atoms with Crippen LogP contribution >= 0.6 is 11.6 Å². The molecule has 4 heteroatoms. The van der Waals surface area contributed by atoms with Gasteiger partial charge in [0.15, 0.2) is 5.78 Å². The number of benzene rings is 1. The van der Waals surface area contributed by atoms with Gasteiger partial charge in [-0.2, -0.15) is 0 Å². The van der Waals surface area contributed by atoms with Crippen molar-refractivity contribution >= 4 is 28.4 Å². The molecule has 0 aliphatic rings. The lowest BCUT2D eigenvalue weighted by molar-refractivity contribution is 0.0992. The first kappa shape index (κ1) is 11.1. The van der Waals surface area contributed by atoms with Crippen LogP contribution in [0.1, 0.15) is 23.1 Å². The summed E-state index contributed by atoms with van der Waals surface area (Å²) in [5, 5.41) is -0.498. The van der Waals surface area contributed by atoms with Crippen LogP contribution in [0, 0.1) is 6.92 Å². The average molecular weight is 237 g/mol. The van der Waals surface area contributed by atoms with E-state index in [2.05, 4.69) is 4.98 Å². The molecule has 0 aliphatic heterocycles. The summed E-state index contributed by atoms with van der Waals surface area (Å²) < 4.78 is 1.99. The lowest BCUT2D eigenvalue weighted by Crippen LogP contribution is -2.10. The van der Waals surface area contributed by atoms with Gasteiger partial charge in [-0.05, 0) is 32.0 Å². The predicted octanol–water partition coefficient (Wildman–Crippen LogP) is 2.69. The van der Waals surface area contributed by atoms with Crippen molar-refractivity contribution in [3.05, 3.63) is 29.6 Å². The van der Waals surface area contributed by atoms with E-state index in [0.29, 0.717) is 5.56 Å². The maximum atomic E-state index is 11.7. The number of hydrogen-bond donors (Lipinski definition) is 0. The highest BCUT2D eigenvalue weighted by Crippen LogP contribution is 2.18. The molecule has 2 rings (SSSR count). The lowest BCUT2D eigenvalue weighted by Gasteiger charge is -2.02. The van der Waals surface area contributed by atoms with Gasteiger partial charge in [0.05, 0.1) is 16.4 Å². The molecule has 0 fully saturated rings. The van der Waals surface area contributed by atoms with Crippen LogP contribution in [0.2, 0.25) is 0 Å². The molecule has 0 radical (unpaired) electrons. The van der Waals surface area contributed by atoms with E-state index < -0.39 is 5.38 Å². The molecule has 0 aliphatic carbocycles. The molecule has 1 aromatic heterocycles. The SMILES string of the molecule is Cc1nc2cc(C(=O)C(C)Cl)ccc2n1C. The van der Waals surface area contributed by atoms with E-state index in [4.69, 9.17) is 11.6 Å². The second-order valence-electron chi connectivity index (χ2n) is 3.90. The molecule has 0 bridgehead atoms.